The highest BCUT2D eigenvalue weighted by atomic mass is 16.5. The molecule has 0 saturated heterocycles. The van der Waals surface area contributed by atoms with Gasteiger partial charge >= 0.3 is 6.03 Å². The summed E-state index contributed by atoms with van der Waals surface area (Å²) in [5.74, 6) is 1.92. The van der Waals surface area contributed by atoms with Gasteiger partial charge in [-0.25, -0.2) is 9.48 Å². The smallest absolute Gasteiger partial charge is 0.318 e. The van der Waals surface area contributed by atoms with Gasteiger partial charge in [-0.3, -0.25) is 0 Å². The maximum absolute atomic E-state index is 13.0. The lowest BCUT2D eigenvalue weighted by atomic mass is 10.1. The van der Waals surface area contributed by atoms with Crippen molar-refractivity contribution in [2.75, 3.05) is 13.7 Å². The van der Waals surface area contributed by atoms with Crippen molar-refractivity contribution in [1.82, 2.24) is 20.0 Å². The van der Waals surface area contributed by atoms with Crippen molar-refractivity contribution < 1.29 is 14.3 Å². The van der Waals surface area contributed by atoms with Crippen LogP contribution in [0.2, 0.25) is 0 Å². The predicted molar refractivity (Wildman–Crippen MR) is 130 cm³/mol. The third-order valence-corrected chi connectivity index (χ3v) is 5.01. The molecule has 7 heteroatoms. The van der Waals surface area contributed by atoms with Gasteiger partial charge in [0.05, 0.1) is 30.6 Å². The van der Waals surface area contributed by atoms with E-state index in [0.29, 0.717) is 30.5 Å². The van der Waals surface area contributed by atoms with Gasteiger partial charge < -0.3 is 19.7 Å². The number of aromatic nitrogens is 2. The van der Waals surface area contributed by atoms with E-state index in [-0.39, 0.29) is 11.6 Å². The Morgan fingerprint density at radius 1 is 1.09 bits per heavy atom. The molecular formula is C26H34N4O3. The molecular weight excluding hydrogens is 416 g/mol. The number of carbonyl (C=O) groups is 1. The van der Waals surface area contributed by atoms with Crippen LogP contribution in [0.4, 0.5) is 4.79 Å². The van der Waals surface area contributed by atoms with Crippen molar-refractivity contribution in [3.8, 4) is 23.1 Å². The molecule has 0 saturated carbocycles. The predicted octanol–water partition coefficient (Wildman–Crippen LogP) is 5.70. The average molecular weight is 451 g/mol. The molecule has 0 aliphatic heterocycles. The van der Waals surface area contributed by atoms with Crippen LogP contribution in [-0.2, 0) is 6.54 Å². The van der Waals surface area contributed by atoms with E-state index in [2.05, 4.69) is 12.2 Å². The van der Waals surface area contributed by atoms with Gasteiger partial charge in [0, 0.05) is 18.2 Å². The fraction of sp³-hybridized carbons (Fsp3) is 0.385. The van der Waals surface area contributed by atoms with Gasteiger partial charge in [-0.1, -0.05) is 31.2 Å². The highest BCUT2D eigenvalue weighted by Crippen LogP contribution is 2.33. The van der Waals surface area contributed by atoms with Crippen molar-refractivity contribution >= 4 is 6.03 Å². The third-order valence-electron chi connectivity index (χ3n) is 5.01. The van der Waals surface area contributed by atoms with Crippen LogP contribution in [0.5, 0.6) is 17.4 Å². The van der Waals surface area contributed by atoms with Crippen LogP contribution in [0.25, 0.3) is 5.69 Å². The van der Waals surface area contributed by atoms with Crippen LogP contribution in [0.1, 0.15) is 45.4 Å². The van der Waals surface area contributed by atoms with Gasteiger partial charge in [0.2, 0.25) is 5.88 Å². The van der Waals surface area contributed by atoms with E-state index >= 15 is 0 Å². The lowest BCUT2D eigenvalue weighted by molar-refractivity contribution is 0.185. The van der Waals surface area contributed by atoms with Crippen molar-refractivity contribution in [3.63, 3.8) is 0 Å². The zero-order valence-corrected chi connectivity index (χ0v) is 20.4. The molecule has 0 bridgehead atoms. The molecule has 3 rings (SSSR count). The van der Waals surface area contributed by atoms with E-state index in [1.807, 2.05) is 87.2 Å². The number of hydrogen-bond acceptors (Lipinski definition) is 4. The normalized spacial score (nSPS) is 11.2. The van der Waals surface area contributed by atoms with Crippen LogP contribution in [-0.4, -0.2) is 39.9 Å². The maximum Gasteiger partial charge on any atom is 0.318 e. The number of carbonyl (C=O) groups excluding carboxylic acids is 1. The lowest BCUT2D eigenvalue weighted by Gasteiger charge is -2.28. The Morgan fingerprint density at radius 2 is 1.79 bits per heavy atom. The summed E-state index contributed by atoms with van der Waals surface area (Å²) in [6.07, 6.45) is 0.843. The second-order valence-corrected chi connectivity index (χ2v) is 9.00. The minimum Gasteiger partial charge on any atom is -0.497 e. The number of ether oxygens (including phenoxy) is 2. The number of nitrogens with one attached hydrogen (secondary N) is 1. The van der Waals surface area contributed by atoms with Crippen LogP contribution in [0.15, 0.2) is 54.6 Å². The minimum absolute atomic E-state index is 0.108. The van der Waals surface area contributed by atoms with Crippen LogP contribution >= 0.6 is 0 Å². The van der Waals surface area contributed by atoms with Crippen LogP contribution in [0, 0.1) is 6.92 Å². The number of rotatable bonds is 8. The largest absolute Gasteiger partial charge is 0.497 e. The Kier molecular flexibility index (Phi) is 7.63. The van der Waals surface area contributed by atoms with Crippen molar-refractivity contribution in [2.24, 2.45) is 0 Å². The van der Waals surface area contributed by atoms with Crippen molar-refractivity contribution in [1.29, 1.82) is 0 Å². The summed E-state index contributed by atoms with van der Waals surface area (Å²) in [4.78, 5) is 14.8. The SMILES string of the molecule is CCCN(Cc1c(C)nn(-c2ccccc2)c1Oc1cccc(OC)c1)C(=O)NC(C)(C)C. The number of para-hydroxylation sites is 1. The van der Waals surface area contributed by atoms with Crippen LogP contribution in [0.3, 0.4) is 0 Å². The molecule has 0 fully saturated rings. The highest BCUT2D eigenvalue weighted by molar-refractivity contribution is 5.75. The molecule has 1 aromatic heterocycles. The Morgan fingerprint density at radius 3 is 2.42 bits per heavy atom. The summed E-state index contributed by atoms with van der Waals surface area (Å²) in [5.41, 5.74) is 2.22. The number of methoxy groups -OCH3 is 1. The molecule has 176 valence electrons. The fourth-order valence-electron chi connectivity index (χ4n) is 3.46. The quantitative estimate of drug-likeness (QED) is 0.478. The molecule has 2 aromatic carbocycles. The number of benzene rings is 2. The summed E-state index contributed by atoms with van der Waals surface area (Å²) in [6.45, 7) is 10.9. The molecule has 0 atom stereocenters. The van der Waals surface area contributed by atoms with Gasteiger partial charge in [0.1, 0.15) is 11.5 Å². The first-order valence-corrected chi connectivity index (χ1v) is 11.2. The Labute approximate surface area is 196 Å². The van der Waals surface area contributed by atoms with Crippen LogP contribution < -0.4 is 14.8 Å². The molecule has 0 aliphatic carbocycles. The summed E-state index contributed by atoms with van der Waals surface area (Å²) < 4.78 is 13.5. The molecule has 3 aromatic rings. The highest BCUT2D eigenvalue weighted by Gasteiger charge is 2.25. The molecule has 7 nitrogen and oxygen atoms in total. The Hall–Kier alpha value is -3.48. The molecule has 0 spiro atoms. The van der Waals surface area contributed by atoms with E-state index in [0.717, 1.165) is 23.4 Å². The number of amides is 2. The van der Waals surface area contributed by atoms with E-state index in [4.69, 9.17) is 14.6 Å². The topological polar surface area (TPSA) is 68.6 Å². The molecule has 0 aliphatic rings. The summed E-state index contributed by atoms with van der Waals surface area (Å²) in [5, 5.41) is 7.84. The second kappa shape index (κ2) is 10.4. The first kappa shape index (κ1) is 24.2. The summed E-state index contributed by atoms with van der Waals surface area (Å²) >= 11 is 0. The summed E-state index contributed by atoms with van der Waals surface area (Å²) in [6, 6.07) is 17.2. The van der Waals surface area contributed by atoms with Crippen molar-refractivity contribution in [3.05, 3.63) is 65.9 Å². The second-order valence-electron chi connectivity index (χ2n) is 9.00. The zero-order chi connectivity index (χ0) is 24.0. The molecule has 33 heavy (non-hydrogen) atoms. The van der Waals surface area contributed by atoms with Gasteiger partial charge in [0.15, 0.2) is 0 Å². The average Bonchev–Trinajstić information content (AvgIpc) is 3.08. The number of urea groups is 1. The number of aryl methyl sites for hydroxylation is 1. The first-order valence-electron chi connectivity index (χ1n) is 11.2. The molecule has 0 radical (unpaired) electrons. The standard InChI is InChI=1S/C26H34N4O3/c1-7-16-29(25(31)27-26(3,4)5)18-23-19(2)28-30(20-12-9-8-10-13-20)24(23)33-22-15-11-14-21(17-22)32-6/h8-15,17H,7,16,18H2,1-6H3,(H,27,31). The van der Waals surface area contributed by atoms with E-state index in [1.165, 1.54) is 0 Å². The van der Waals surface area contributed by atoms with E-state index in [1.54, 1.807) is 11.8 Å². The molecule has 2 amide bonds. The maximum atomic E-state index is 13.0. The first-order chi connectivity index (χ1) is 15.7. The van der Waals surface area contributed by atoms with Gasteiger partial charge in [-0.05, 0) is 58.4 Å². The third kappa shape index (κ3) is 6.28. The van der Waals surface area contributed by atoms with E-state index in [9.17, 15) is 4.79 Å². The van der Waals surface area contributed by atoms with Gasteiger partial charge in [-0.15, -0.1) is 0 Å². The lowest BCUT2D eigenvalue weighted by Crippen LogP contribution is -2.48. The monoisotopic (exact) mass is 450 g/mol. The molecule has 1 heterocycles. The fourth-order valence-corrected chi connectivity index (χ4v) is 3.46. The summed E-state index contributed by atoms with van der Waals surface area (Å²) in [7, 11) is 1.62. The Balaban J connectivity index is 2.04. The van der Waals surface area contributed by atoms with Gasteiger partial charge in [-0.2, -0.15) is 5.10 Å². The number of nitrogens with zero attached hydrogens (tertiary/aromatic N) is 3. The van der Waals surface area contributed by atoms with E-state index < -0.39 is 0 Å². The minimum atomic E-state index is -0.327. The van der Waals surface area contributed by atoms with Gasteiger partial charge in [0.25, 0.3) is 0 Å². The molecule has 0 unspecified atom stereocenters. The zero-order valence-electron chi connectivity index (χ0n) is 20.4. The van der Waals surface area contributed by atoms with Crippen molar-refractivity contribution in [2.45, 2.75) is 53.1 Å². The number of hydrogen-bond donors (Lipinski definition) is 1. The Bertz CT molecular complexity index is 1070. The molecule has 1 N–H and O–H groups in total.